The van der Waals surface area contributed by atoms with Gasteiger partial charge >= 0.3 is 0 Å². The summed E-state index contributed by atoms with van der Waals surface area (Å²) in [6.07, 6.45) is 0. The lowest BCUT2D eigenvalue weighted by Gasteiger charge is -2.17. The van der Waals surface area contributed by atoms with Crippen LogP contribution in [0.1, 0.15) is 18.5 Å². The van der Waals surface area contributed by atoms with Gasteiger partial charge in [0.2, 0.25) is 0 Å². The molecule has 1 heterocycles. The van der Waals surface area contributed by atoms with Crippen molar-refractivity contribution in [2.75, 3.05) is 5.32 Å². The fourth-order valence-electron chi connectivity index (χ4n) is 2.25. The van der Waals surface area contributed by atoms with Crippen LogP contribution in [0, 0.1) is 5.82 Å². The predicted octanol–water partition coefficient (Wildman–Crippen LogP) is 6.52. The van der Waals surface area contributed by atoms with E-state index in [1.165, 1.54) is 22.2 Å². The van der Waals surface area contributed by atoms with E-state index in [0.717, 1.165) is 5.69 Å². The van der Waals surface area contributed by atoms with Crippen molar-refractivity contribution in [2.45, 2.75) is 13.0 Å². The van der Waals surface area contributed by atoms with Crippen molar-refractivity contribution < 1.29 is 4.39 Å². The Bertz CT molecular complexity index is 800. The molecule has 0 aliphatic rings. The van der Waals surface area contributed by atoms with Gasteiger partial charge in [-0.15, -0.1) is 11.3 Å². The summed E-state index contributed by atoms with van der Waals surface area (Å²) in [6.45, 7) is 1.94. The Morgan fingerprint density at radius 2 is 1.90 bits per heavy atom. The topological polar surface area (TPSA) is 12.0 Å². The molecule has 0 spiro atoms. The van der Waals surface area contributed by atoms with E-state index in [2.05, 4.69) is 28.9 Å². The minimum absolute atomic E-state index is 0.0376. The van der Waals surface area contributed by atoms with Crippen LogP contribution in [0.25, 0.3) is 10.1 Å². The number of rotatable bonds is 3. The number of hydrogen-bond donors (Lipinski definition) is 1. The zero-order valence-corrected chi connectivity index (χ0v) is 13.5. The molecule has 3 rings (SSSR count). The average Bonchev–Trinajstić information content (AvgIpc) is 2.90. The third kappa shape index (κ3) is 3.00. The predicted molar refractivity (Wildman–Crippen MR) is 90.3 cm³/mol. The van der Waals surface area contributed by atoms with Gasteiger partial charge in [0, 0.05) is 15.4 Å². The fraction of sp³-hybridized carbons (Fsp3) is 0.125. The fourth-order valence-corrected chi connectivity index (χ4v) is 3.57. The first-order chi connectivity index (χ1) is 10.0. The van der Waals surface area contributed by atoms with Gasteiger partial charge in [-0.25, -0.2) is 4.39 Å². The minimum atomic E-state index is -0.460. The molecule has 1 nitrogen and oxygen atoms in total. The highest BCUT2D eigenvalue weighted by atomic mass is 35.5. The van der Waals surface area contributed by atoms with Crippen molar-refractivity contribution in [2.24, 2.45) is 0 Å². The Hall–Kier alpha value is -1.29. The zero-order valence-electron chi connectivity index (χ0n) is 11.2. The molecule has 2 aromatic carbocycles. The summed E-state index contributed by atoms with van der Waals surface area (Å²) in [5.41, 5.74) is 1.66. The van der Waals surface area contributed by atoms with E-state index in [0.29, 0.717) is 10.6 Å². The number of halogens is 3. The summed E-state index contributed by atoms with van der Waals surface area (Å²) >= 11 is 13.6. The third-order valence-corrected chi connectivity index (χ3v) is 4.86. The van der Waals surface area contributed by atoms with Crippen LogP contribution in [0.5, 0.6) is 0 Å². The van der Waals surface area contributed by atoms with Crippen LogP contribution in [0.15, 0.2) is 41.8 Å². The van der Waals surface area contributed by atoms with Gasteiger partial charge in [-0.3, -0.25) is 0 Å². The number of hydrogen-bond acceptors (Lipinski definition) is 2. The maximum atomic E-state index is 13.6. The molecule has 0 saturated carbocycles. The third-order valence-electron chi connectivity index (χ3n) is 3.34. The molecule has 0 saturated heterocycles. The van der Waals surface area contributed by atoms with Gasteiger partial charge in [0.1, 0.15) is 5.82 Å². The number of anilines is 1. The second-order valence-corrected chi connectivity index (χ2v) is 6.59. The maximum absolute atomic E-state index is 13.6. The first kappa shape index (κ1) is 14.6. The lowest BCUT2D eigenvalue weighted by molar-refractivity contribution is 0.624. The van der Waals surface area contributed by atoms with Crippen LogP contribution in [0.3, 0.4) is 0 Å². The Labute approximate surface area is 136 Å². The normalized spacial score (nSPS) is 12.6. The number of thiophene rings is 1. The largest absolute Gasteiger partial charge is 0.378 e. The molecule has 3 aromatic rings. The highest BCUT2D eigenvalue weighted by Gasteiger charge is 2.13. The molecule has 0 fully saturated rings. The van der Waals surface area contributed by atoms with Gasteiger partial charge in [0.05, 0.1) is 11.1 Å². The Balaban J connectivity index is 1.88. The average molecular weight is 340 g/mol. The van der Waals surface area contributed by atoms with Crippen molar-refractivity contribution in [1.29, 1.82) is 0 Å². The van der Waals surface area contributed by atoms with E-state index in [1.807, 2.05) is 13.0 Å². The molecular weight excluding hydrogens is 328 g/mol. The van der Waals surface area contributed by atoms with Gasteiger partial charge in [0.25, 0.3) is 0 Å². The SMILES string of the molecule is CC(Nc1ccc2sccc2c1)c1cc(F)c(Cl)cc1Cl. The van der Waals surface area contributed by atoms with Crippen molar-refractivity contribution in [3.63, 3.8) is 0 Å². The molecule has 1 atom stereocenters. The molecule has 5 heteroatoms. The van der Waals surface area contributed by atoms with E-state index >= 15 is 0 Å². The van der Waals surface area contributed by atoms with E-state index in [-0.39, 0.29) is 11.1 Å². The van der Waals surface area contributed by atoms with Crippen LogP contribution in [0.4, 0.5) is 10.1 Å². The number of nitrogens with one attached hydrogen (secondary N) is 1. The molecule has 21 heavy (non-hydrogen) atoms. The van der Waals surface area contributed by atoms with E-state index in [1.54, 1.807) is 11.3 Å². The van der Waals surface area contributed by atoms with E-state index in [4.69, 9.17) is 23.2 Å². The second kappa shape index (κ2) is 5.84. The lowest BCUT2D eigenvalue weighted by Crippen LogP contribution is -2.07. The molecule has 1 N–H and O–H groups in total. The van der Waals surface area contributed by atoms with Crippen LogP contribution in [-0.4, -0.2) is 0 Å². The highest BCUT2D eigenvalue weighted by molar-refractivity contribution is 7.17. The van der Waals surface area contributed by atoms with Crippen LogP contribution >= 0.6 is 34.5 Å². The van der Waals surface area contributed by atoms with E-state index < -0.39 is 5.82 Å². The first-order valence-electron chi connectivity index (χ1n) is 6.43. The molecule has 1 unspecified atom stereocenters. The summed E-state index contributed by atoms with van der Waals surface area (Å²) in [5.74, 6) is -0.460. The molecule has 0 amide bonds. The standard InChI is InChI=1S/C16H12Cl2FNS/c1-9(12-7-15(19)14(18)8-13(12)17)20-11-2-3-16-10(6-11)4-5-21-16/h2-9,20H,1H3. The van der Waals surface area contributed by atoms with Crippen LogP contribution in [-0.2, 0) is 0 Å². The van der Waals surface area contributed by atoms with Crippen molar-refractivity contribution in [3.05, 3.63) is 63.2 Å². The zero-order chi connectivity index (χ0) is 15.0. The monoisotopic (exact) mass is 339 g/mol. The first-order valence-corrected chi connectivity index (χ1v) is 8.06. The summed E-state index contributed by atoms with van der Waals surface area (Å²) < 4.78 is 14.8. The molecule has 108 valence electrons. The van der Waals surface area contributed by atoms with Crippen LogP contribution in [0.2, 0.25) is 10.0 Å². The Kier molecular flexibility index (Phi) is 4.07. The number of fused-ring (bicyclic) bond motifs is 1. The molecule has 0 aliphatic carbocycles. The number of benzene rings is 2. The van der Waals surface area contributed by atoms with Crippen molar-refractivity contribution in [1.82, 2.24) is 0 Å². The molecule has 1 aromatic heterocycles. The van der Waals surface area contributed by atoms with Crippen molar-refractivity contribution >= 4 is 50.3 Å². The van der Waals surface area contributed by atoms with Gasteiger partial charge in [-0.2, -0.15) is 0 Å². The maximum Gasteiger partial charge on any atom is 0.142 e. The summed E-state index contributed by atoms with van der Waals surface area (Å²) in [5, 5.41) is 7.08. The summed E-state index contributed by atoms with van der Waals surface area (Å²) in [7, 11) is 0. The van der Waals surface area contributed by atoms with Gasteiger partial charge in [0.15, 0.2) is 0 Å². The molecule has 0 aliphatic heterocycles. The summed E-state index contributed by atoms with van der Waals surface area (Å²) in [4.78, 5) is 0. The smallest absolute Gasteiger partial charge is 0.142 e. The Morgan fingerprint density at radius 1 is 1.10 bits per heavy atom. The molecule has 0 radical (unpaired) electrons. The summed E-state index contributed by atoms with van der Waals surface area (Å²) in [6, 6.07) is 10.9. The molecule has 0 bridgehead atoms. The van der Waals surface area contributed by atoms with Crippen LogP contribution < -0.4 is 5.32 Å². The lowest BCUT2D eigenvalue weighted by atomic mass is 10.1. The Morgan fingerprint density at radius 3 is 2.71 bits per heavy atom. The second-order valence-electron chi connectivity index (χ2n) is 4.83. The highest BCUT2D eigenvalue weighted by Crippen LogP contribution is 2.31. The van der Waals surface area contributed by atoms with Gasteiger partial charge < -0.3 is 5.32 Å². The van der Waals surface area contributed by atoms with Gasteiger partial charge in [-0.1, -0.05) is 23.2 Å². The quantitative estimate of drug-likeness (QED) is 0.535. The molecular formula is C16H12Cl2FNS. The van der Waals surface area contributed by atoms with E-state index in [9.17, 15) is 4.39 Å². The van der Waals surface area contributed by atoms with Gasteiger partial charge in [-0.05, 0) is 59.7 Å². The van der Waals surface area contributed by atoms with Crippen molar-refractivity contribution in [3.8, 4) is 0 Å². The minimum Gasteiger partial charge on any atom is -0.378 e.